The summed E-state index contributed by atoms with van der Waals surface area (Å²) in [5.41, 5.74) is 0.775. The second-order valence-corrected chi connectivity index (χ2v) is 7.79. The number of fused-ring (bicyclic) bond motifs is 1. The van der Waals surface area contributed by atoms with Crippen LogP contribution < -0.4 is 14.8 Å². The number of anilines is 1. The van der Waals surface area contributed by atoms with Crippen molar-refractivity contribution < 1.29 is 23.8 Å². The molecule has 0 fully saturated rings. The third kappa shape index (κ3) is 4.74. The molecule has 0 aliphatic carbocycles. The Morgan fingerprint density at radius 3 is 2.50 bits per heavy atom. The topological polar surface area (TPSA) is 73.9 Å². The zero-order chi connectivity index (χ0) is 21.7. The van der Waals surface area contributed by atoms with Gasteiger partial charge >= 0.3 is 5.97 Å². The molecule has 0 aliphatic heterocycles. The van der Waals surface area contributed by atoms with E-state index in [1.165, 1.54) is 11.3 Å². The minimum Gasteiger partial charge on any atom is -0.490 e. The van der Waals surface area contributed by atoms with Crippen LogP contribution in [0.5, 0.6) is 11.5 Å². The van der Waals surface area contributed by atoms with Crippen LogP contribution in [0.1, 0.15) is 48.4 Å². The monoisotopic (exact) mass is 427 g/mol. The molecule has 1 aromatic heterocycles. The molecule has 1 heterocycles. The Hall–Kier alpha value is -3.06. The highest BCUT2D eigenvalue weighted by Crippen LogP contribution is 2.37. The molecule has 3 aromatic rings. The Morgan fingerprint density at radius 2 is 1.80 bits per heavy atom. The molecule has 1 amide bonds. The molecular formula is C23H25NO5S. The van der Waals surface area contributed by atoms with Crippen LogP contribution in [0.25, 0.3) is 10.1 Å². The lowest BCUT2D eigenvalue weighted by Gasteiger charge is -2.15. The van der Waals surface area contributed by atoms with Crippen LogP contribution in [-0.2, 0) is 4.74 Å². The molecule has 0 radical (unpaired) electrons. The van der Waals surface area contributed by atoms with E-state index in [4.69, 9.17) is 14.2 Å². The Labute approximate surface area is 179 Å². The van der Waals surface area contributed by atoms with Gasteiger partial charge < -0.3 is 19.5 Å². The number of thiophene rings is 1. The van der Waals surface area contributed by atoms with E-state index in [1.807, 2.05) is 45.0 Å². The van der Waals surface area contributed by atoms with Crippen molar-refractivity contribution in [3.63, 3.8) is 0 Å². The average Bonchev–Trinajstić information content (AvgIpc) is 3.07. The summed E-state index contributed by atoms with van der Waals surface area (Å²) < 4.78 is 17.5. The van der Waals surface area contributed by atoms with Gasteiger partial charge in [0.05, 0.1) is 19.3 Å². The summed E-state index contributed by atoms with van der Waals surface area (Å²) >= 11 is 1.34. The quantitative estimate of drug-likeness (QED) is 0.480. The number of esters is 1. The molecule has 0 aliphatic rings. The molecule has 0 atom stereocenters. The molecule has 0 saturated carbocycles. The molecule has 7 heteroatoms. The van der Waals surface area contributed by atoms with Crippen molar-refractivity contribution in [3.05, 3.63) is 53.6 Å². The second-order valence-electron chi connectivity index (χ2n) is 6.74. The molecule has 158 valence electrons. The highest BCUT2D eigenvalue weighted by Gasteiger charge is 2.22. The summed E-state index contributed by atoms with van der Waals surface area (Å²) in [5.74, 6) is 0.281. The van der Waals surface area contributed by atoms with E-state index < -0.39 is 5.97 Å². The van der Waals surface area contributed by atoms with Crippen molar-refractivity contribution in [2.75, 3.05) is 18.5 Å². The molecule has 0 bridgehead atoms. The number of benzene rings is 2. The second kappa shape index (κ2) is 9.63. The van der Waals surface area contributed by atoms with Gasteiger partial charge in [-0.3, -0.25) is 4.79 Å². The van der Waals surface area contributed by atoms with Crippen LogP contribution >= 0.6 is 11.3 Å². The smallest absolute Gasteiger partial charge is 0.341 e. The molecule has 6 nitrogen and oxygen atoms in total. The first-order chi connectivity index (χ1) is 14.4. The van der Waals surface area contributed by atoms with Gasteiger partial charge in [-0.1, -0.05) is 18.2 Å². The predicted molar refractivity (Wildman–Crippen MR) is 119 cm³/mol. The predicted octanol–water partition coefficient (Wildman–Crippen LogP) is 5.52. The largest absolute Gasteiger partial charge is 0.490 e. The fourth-order valence-corrected chi connectivity index (χ4v) is 4.07. The summed E-state index contributed by atoms with van der Waals surface area (Å²) in [6, 6.07) is 12.5. The number of carbonyl (C=O) groups excluding carboxylic acids is 2. The van der Waals surface area contributed by atoms with Gasteiger partial charge in [0.1, 0.15) is 10.6 Å². The van der Waals surface area contributed by atoms with Gasteiger partial charge in [0.25, 0.3) is 5.91 Å². The first-order valence-electron chi connectivity index (χ1n) is 9.88. The maximum Gasteiger partial charge on any atom is 0.341 e. The van der Waals surface area contributed by atoms with E-state index in [2.05, 4.69) is 5.32 Å². The Kier molecular flexibility index (Phi) is 6.95. The summed E-state index contributed by atoms with van der Waals surface area (Å²) in [4.78, 5) is 25.5. The molecule has 0 spiro atoms. The number of hydrogen-bond donors (Lipinski definition) is 1. The maximum atomic E-state index is 13.0. The molecule has 30 heavy (non-hydrogen) atoms. The van der Waals surface area contributed by atoms with Gasteiger partial charge in [-0.25, -0.2) is 4.79 Å². The summed E-state index contributed by atoms with van der Waals surface area (Å²) in [5, 5.41) is 4.08. The van der Waals surface area contributed by atoms with Gasteiger partial charge in [0.15, 0.2) is 11.5 Å². The molecule has 1 N–H and O–H groups in total. The number of amides is 1. The van der Waals surface area contributed by atoms with Crippen molar-refractivity contribution in [2.45, 2.75) is 33.8 Å². The molecule has 0 unspecified atom stereocenters. The average molecular weight is 428 g/mol. The number of hydrogen-bond acceptors (Lipinski definition) is 6. The van der Waals surface area contributed by atoms with Gasteiger partial charge in [0, 0.05) is 15.6 Å². The van der Waals surface area contributed by atoms with Crippen LogP contribution in [0.3, 0.4) is 0 Å². The van der Waals surface area contributed by atoms with E-state index >= 15 is 0 Å². The lowest BCUT2D eigenvalue weighted by Crippen LogP contribution is -2.15. The zero-order valence-electron chi connectivity index (χ0n) is 17.5. The van der Waals surface area contributed by atoms with Crippen LogP contribution in [0.15, 0.2) is 42.5 Å². The zero-order valence-corrected chi connectivity index (χ0v) is 18.3. The normalized spacial score (nSPS) is 10.8. The minimum absolute atomic E-state index is 0.0189. The lowest BCUT2D eigenvalue weighted by molar-refractivity contribution is 0.0530. The number of carbonyl (C=O) groups is 2. The summed E-state index contributed by atoms with van der Waals surface area (Å²) in [6.45, 7) is 8.17. The number of nitrogens with one attached hydrogen (secondary N) is 1. The molecule has 0 saturated heterocycles. The van der Waals surface area contributed by atoms with Gasteiger partial charge in [-0.2, -0.15) is 0 Å². The fraction of sp³-hybridized carbons (Fsp3) is 0.304. The van der Waals surface area contributed by atoms with Gasteiger partial charge in [0.2, 0.25) is 0 Å². The van der Waals surface area contributed by atoms with Gasteiger partial charge in [-0.15, -0.1) is 11.3 Å². The summed E-state index contributed by atoms with van der Waals surface area (Å²) in [6.07, 6.45) is -0.0189. The third-order valence-electron chi connectivity index (χ3n) is 4.17. The minimum atomic E-state index is -0.457. The Morgan fingerprint density at radius 1 is 1.03 bits per heavy atom. The van der Waals surface area contributed by atoms with E-state index in [9.17, 15) is 9.59 Å². The van der Waals surface area contributed by atoms with Crippen LogP contribution in [0.2, 0.25) is 0 Å². The van der Waals surface area contributed by atoms with Crippen molar-refractivity contribution in [1.82, 2.24) is 0 Å². The Balaban J connectivity index is 1.94. The van der Waals surface area contributed by atoms with Crippen molar-refractivity contribution in [2.24, 2.45) is 0 Å². The SMILES string of the molecule is CCOC(=O)c1c(NC(=O)c2ccc(OC(C)C)c(OCC)c2)sc2ccccc12. The van der Waals surface area contributed by atoms with E-state index in [1.54, 1.807) is 25.1 Å². The summed E-state index contributed by atoms with van der Waals surface area (Å²) in [7, 11) is 0. The van der Waals surface area contributed by atoms with E-state index in [0.29, 0.717) is 34.2 Å². The highest BCUT2D eigenvalue weighted by atomic mass is 32.1. The lowest BCUT2D eigenvalue weighted by atomic mass is 10.1. The van der Waals surface area contributed by atoms with Crippen molar-refractivity contribution in [3.8, 4) is 11.5 Å². The number of ether oxygens (including phenoxy) is 3. The van der Waals surface area contributed by atoms with Crippen molar-refractivity contribution >= 4 is 38.3 Å². The van der Waals surface area contributed by atoms with E-state index in [0.717, 1.165) is 10.1 Å². The van der Waals surface area contributed by atoms with Crippen LogP contribution in [-0.4, -0.2) is 31.2 Å². The third-order valence-corrected chi connectivity index (χ3v) is 5.26. The fourth-order valence-electron chi connectivity index (χ4n) is 2.98. The van der Waals surface area contributed by atoms with E-state index in [-0.39, 0.29) is 18.6 Å². The van der Waals surface area contributed by atoms with Crippen molar-refractivity contribution in [1.29, 1.82) is 0 Å². The standard InChI is InChI=1S/C23H25NO5S/c1-5-27-18-13-15(11-12-17(18)29-14(3)4)21(25)24-22-20(23(26)28-6-2)16-9-7-8-10-19(16)30-22/h7-14H,5-6H2,1-4H3,(H,24,25). The van der Waals surface area contributed by atoms with Gasteiger partial charge in [-0.05, 0) is 52.0 Å². The first-order valence-corrected chi connectivity index (χ1v) is 10.7. The maximum absolute atomic E-state index is 13.0. The van der Waals surface area contributed by atoms with Crippen LogP contribution in [0.4, 0.5) is 5.00 Å². The first kappa shape index (κ1) is 21.6. The number of rotatable bonds is 8. The van der Waals surface area contributed by atoms with Crippen LogP contribution in [0, 0.1) is 0 Å². The molecule has 3 rings (SSSR count). The Bertz CT molecular complexity index is 1060. The molecular weight excluding hydrogens is 402 g/mol. The molecule has 2 aromatic carbocycles. The highest BCUT2D eigenvalue weighted by molar-refractivity contribution is 7.23.